The molecule has 0 aliphatic rings. The molecule has 5 nitrogen and oxygen atoms in total. The molecule has 0 spiro atoms. The molecule has 5 heteroatoms. The standard InChI is InChI=1S/C26H52N2O3/c1-20(2)13-16-31-26(10,11)14-12-15-27-21(29)17-24(6,7)18-25(8,9)19-28-22(30)23(3,4)5/h20H,12-19H2,1-11H3,(H,27,29)(H,28,30). The van der Waals surface area contributed by atoms with Gasteiger partial charge in [0.15, 0.2) is 0 Å². The molecule has 0 aromatic rings. The molecule has 0 heterocycles. The molecule has 184 valence electrons. The van der Waals surface area contributed by atoms with Crippen LogP contribution in [-0.4, -0.2) is 37.1 Å². The van der Waals surface area contributed by atoms with E-state index >= 15 is 0 Å². The Kier molecular flexibility index (Phi) is 11.8. The Bertz CT molecular complexity index is 557. The van der Waals surface area contributed by atoms with Crippen LogP contribution in [0.15, 0.2) is 0 Å². The van der Waals surface area contributed by atoms with Crippen molar-refractivity contribution >= 4 is 11.8 Å². The van der Waals surface area contributed by atoms with Gasteiger partial charge in [-0.3, -0.25) is 9.59 Å². The highest BCUT2D eigenvalue weighted by Gasteiger charge is 2.32. The van der Waals surface area contributed by atoms with Crippen molar-refractivity contribution in [1.82, 2.24) is 10.6 Å². The molecule has 0 bridgehead atoms. The zero-order chi connectivity index (χ0) is 24.5. The number of amides is 2. The molecule has 0 rings (SSSR count). The molecule has 0 fully saturated rings. The van der Waals surface area contributed by atoms with E-state index in [1.807, 2.05) is 20.8 Å². The topological polar surface area (TPSA) is 67.4 Å². The summed E-state index contributed by atoms with van der Waals surface area (Å²) in [5.74, 6) is 0.809. The monoisotopic (exact) mass is 440 g/mol. The lowest BCUT2D eigenvalue weighted by Crippen LogP contribution is -2.42. The summed E-state index contributed by atoms with van der Waals surface area (Å²) in [6.45, 7) is 25.1. The number of carbonyl (C=O) groups excluding carboxylic acids is 2. The molecule has 31 heavy (non-hydrogen) atoms. The fourth-order valence-electron chi connectivity index (χ4n) is 3.89. The van der Waals surface area contributed by atoms with Crippen LogP contribution in [0.4, 0.5) is 0 Å². The van der Waals surface area contributed by atoms with Crippen molar-refractivity contribution < 1.29 is 14.3 Å². The van der Waals surface area contributed by atoms with Crippen LogP contribution in [0.1, 0.15) is 108 Å². The van der Waals surface area contributed by atoms with Gasteiger partial charge in [0.1, 0.15) is 0 Å². The summed E-state index contributed by atoms with van der Waals surface area (Å²) in [5.41, 5.74) is -0.763. The Labute approximate surface area is 192 Å². The second-order valence-corrected chi connectivity index (χ2v) is 12.9. The minimum atomic E-state index is -0.389. The first-order valence-electron chi connectivity index (χ1n) is 12.0. The summed E-state index contributed by atoms with van der Waals surface area (Å²) in [5, 5.41) is 6.14. The first-order valence-corrected chi connectivity index (χ1v) is 12.0. The van der Waals surface area contributed by atoms with E-state index in [0.29, 0.717) is 25.4 Å². The highest BCUT2D eigenvalue weighted by molar-refractivity contribution is 5.81. The normalized spacial score (nSPS) is 13.4. The Hall–Kier alpha value is -1.10. The molecule has 2 amide bonds. The molecule has 0 aromatic heterocycles. The largest absolute Gasteiger partial charge is 0.376 e. The number of rotatable bonds is 14. The van der Waals surface area contributed by atoms with Crippen LogP contribution in [0.5, 0.6) is 0 Å². The summed E-state index contributed by atoms with van der Waals surface area (Å²) in [6, 6.07) is 0. The molecular weight excluding hydrogens is 388 g/mol. The fourth-order valence-corrected chi connectivity index (χ4v) is 3.89. The fraction of sp³-hybridized carbons (Fsp3) is 0.923. The average Bonchev–Trinajstić information content (AvgIpc) is 2.53. The lowest BCUT2D eigenvalue weighted by atomic mass is 9.73. The summed E-state index contributed by atoms with van der Waals surface area (Å²) in [4.78, 5) is 24.7. The van der Waals surface area contributed by atoms with Gasteiger partial charge in [-0.05, 0) is 56.3 Å². The SMILES string of the molecule is CC(C)CCOC(C)(C)CCCNC(=O)CC(C)(C)CC(C)(C)CNC(=O)C(C)(C)C. The predicted molar refractivity (Wildman–Crippen MR) is 131 cm³/mol. The summed E-state index contributed by atoms with van der Waals surface area (Å²) >= 11 is 0. The third-order valence-electron chi connectivity index (χ3n) is 5.47. The van der Waals surface area contributed by atoms with Gasteiger partial charge in [-0.25, -0.2) is 0 Å². The maximum Gasteiger partial charge on any atom is 0.225 e. The van der Waals surface area contributed by atoms with Crippen molar-refractivity contribution in [3.63, 3.8) is 0 Å². The molecule has 0 unspecified atom stereocenters. The summed E-state index contributed by atoms with van der Waals surface area (Å²) in [7, 11) is 0. The van der Waals surface area contributed by atoms with E-state index in [2.05, 4.69) is 66.0 Å². The molecule has 0 saturated heterocycles. The molecule has 0 aromatic carbocycles. The van der Waals surface area contributed by atoms with Gasteiger partial charge in [0.25, 0.3) is 0 Å². The Morgan fingerprint density at radius 2 is 1.45 bits per heavy atom. The molecule has 0 radical (unpaired) electrons. The van der Waals surface area contributed by atoms with Gasteiger partial charge in [0.2, 0.25) is 11.8 Å². The van der Waals surface area contributed by atoms with Gasteiger partial charge >= 0.3 is 0 Å². The zero-order valence-corrected chi connectivity index (χ0v) is 22.5. The van der Waals surface area contributed by atoms with E-state index in [-0.39, 0.29) is 33.7 Å². The quantitative estimate of drug-likeness (QED) is 0.340. The van der Waals surface area contributed by atoms with Crippen molar-refractivity contribution in [2.24, 2.45) is 22.2 Å². The van der Waals surface area contributed by atoms with E-state index in [9.17, 15) is 9.59 Å². The summed E-state index contributed by atoms with van der Waals surface area (Å²) in [6.07, 6.45) is 4.25. The van der Waals surface area contributed by atoms with Crippen LogP contribution >= 0.6 is 0 Å². The molecule has 0 atom stereocenters. The third-order valence-corrected chi connectivity index (χ3v) is 5.47. The smallest absolute Gasteiger partial charge is 0.225 e. The van der Waals surface area contributed by atoms with Gasteiger partial charge in [-0.1, -0.05) is 62.3 Å². The van der Waals surface area contributed by atoms with E-state index in [1.54, 1.807) is 0 Å². The van der Waals surface area contributed by atoms with Crippen LogP contribution in [0.2, 0.25) is 0 Å². The molecule has 2 N–H and O–H groups in total. The van der Waals surface area contributed by atoms with E-state index in [1.165, 1.54) is 0 Å². The molecule has 0 saturated carbocycles. The van der Waals surface area contributed by atoms with Crippen LogP contribution < -0.4 is 10.6 Å². The number of hydrogen-bond donors (Lipinski definition) is 2. The third kappa shape index (κ3) is 15.4. The molecular formula is C26H52N2O3. The van der Waals surface area contributed by atoms with Gasteiger partial charge in [0.05, 0.1) is 5.60 Å². The zero-order valence-electron chi connectivity index (χ0n) is 22.5. The van der Waals surface area contributed by atoms with Crippen LogP contribution in [-0.2, 0) is 14.3 Å². The van der Waals surface area contributed by atoms with Gasteiger partial charge in [-0.2, -0.15) is 0 Å². The van der Waals surface area contributed by atoms with Crippen LogP contribution in [0.3, 0.4) is 0 Å². The van der Waals surface area contributed by atoms with Gasteiger partial charge in [-0.15, -0.1) is 0 Å². The first kappa shape index (κ1) is 29.9. The second-order valence-electron chi connectivity index (χ2n) is 12.9. The van der Waals surface area contributed by atoms with Crippen molar-refractivity contribution in [2.75, 3.05) is 19.7 Å². The second kappa shape index (κ2) is 12.2. The lowest BCUT2D eigenvalue weighted by Gasteiger charge is -2.35. The highest BCUT2D eigenvalue weighted by Crippen LogP contribution is 2.36. The van der Waals surface area contributed by atoms with E-state index < -0.39 is 0 Å². The van der Waals surface area contributed by atoms with Crippen molar-refractivity contribution in [3.05, 3.63) is 0 Å². The van der Waals surface area contributed by atoms with Gasteiger partial charge in [0, 0.05) is 31.5 Å². The van der Waals surface area contributed by atoms with Crippen molar-refractivity contribution in [2.45, 2.75) is 114 Å². The van der Waals surface area contributed by atoms with E-state index in [0.717, 1.165) is 32.3 Å². The van der Waals surface area contributed by atoms with Crippen LogP contribution in [0.25, 0.3) is 0 Å². The van der Waals surface area contributed by atoms with Crippen molar-refractivity contribution in [3.8, 4) is 0 Å². The number of ether oxygens (including phenoxy) is 1. The first-order chi connectivity index (χ1) is 13.9. The Balaban J connectivity index is 4.34. The van der Waals surface area contributed by atoms with Crippen molar-refractivity contribution in [1.29, 1.82) is 0 Å². The van der Waals surface area contributed by atoms with Gasteiger partial charge < -0.3 is 15.4 Å². The minimum Gasteiger partial charge on any atom is -0.376 e. The highest BCUT2D eigenvalue weighted by atomic mass is 16.5. The number of carbonyl (C=O) groups is 2. The van der Waals surface area contributed by atoms with E-state index in [4.69, 9.17) is 4.74 Å². The minimum absolute atomic E-state index is 0.0623. The maximum atomic E-state index is 12.5. The lowest BCUT2D eigenvalue weighted by molar-refractivity contribution is -0.129. The Morgan fingerprint density at radius 1 is 0.871 bits per heavy atom. The number of hydrogen-bond acceptors (Lipinski definition) is 3. The Morgan fingerprint density at radius 3 is 1.97 bits per heavy atom. The molecule has 0 aliphatic carbocycles. The molecule has 0 aliphatic heterocycles. The predicted octanol–water partition coefficient (Wildman–Crippen LogP) is 5.72. The number of nitrogens with one attached hydrogen (secondary N) is 2. The average molecular weight is 441 g/mol. The maximum absolute atomic E-state index is 12.5. The van der Waals surface area contributed by atoms with Crippen LogP contribution in [0, 0.1) is 22.2 Å². The summed E-state index contributed by atoms with van der Waals surface area (Å²) < 4.78 is 6.00.